The third-order valence-electron chi connectivity index (χ3n) is 2.12. The van der Waals surface area contributed by atoms with E-state index in [1.165, 1.54) is 24.8 Å². The third kappa shape index (κ3) is 5.02. The largest absolute Gasteiger partial charge is 0.392 e. The first kappa shape index (κ1) is 10.7. The summed E-state index contributed by atoms with van der Waals surface area (Å²) in [5.41, 5.74) is 2.50. The summed E-state index contributed by atoms with van der Waals surface area (Å²) in [5.74, 6) is 0. The number of hydrogen-bond acceptors (Lipinski definition) is 1. The Labute approximate surface area is 70.1 Å². The number of aliphatic hydroxyl groups excluding tert-OH is 1. The Bertz CT molecular complexity index is 125. The molecule has 0 fully saturated rings. The Morgan fingerprint density at radius 2 is 1.73 bits per heavy atom. The second-order valence-electron chi connectivity index (χ2n) is 3.18. The molecule has 0 aliphatic heterocycles. The van der Waals surface area contributed by atoms with E-state index in [1.54, 1.807) is 0 Å². The summed E-state index contributed by atoms with van der Waals surface area (Å²) < 4.78 is 0. The van der Waals surface area contributed by atoms with Crippen LogP contribution >= 0.6 is 0 Å². The number of allylic oxidation sites excluding steroid dienone is 1. The minimum Gasteiger partial charge on any atom is -0.392 e. The maximum absolute atomic E-state index is 8.80. The maximum atomic E-state index is 8.80. The maximum Gasteiger partial charge on any atom is 0.0641 e. The highest BCUT2D eigenvalue weighted by Gasteiger charge is 1.94. The number of hydrogen-bond donors (Lipinski definition) is 1. The van der Waals surface area contributed by atoms with Crippen LogP contribution in [0.2, 0.25) is 0 Å². The predicted molar refractivity (Wildman–Crippen MR) is 49.6 cm³/mol. The van der Waals surface area contributed by atoms with Crippen molar-refractivity contribution in [1.82, 2.24) is 0 Å². The van der Waals surface area contributed by atoms with Crippen molar-refractivity contribution in [2.75, 3.05) is 6.61 Å². The van der Waals surface area contributed by atoms with Gasteiger partial charge in [0.05, 0.1) is 6.61 Å². The second-order valence-corrected chi connectivity index (χ2v) is 3.18. The average molecular weight is 156 g/mol. The van der Waals surface area contributed by atoms with Gasteiger partial charge in [0.25, 0.3) is 0 Å². The average Bonchev–Trinajstić information content (AvgIpc) is 2.03. The molecule has 1 nitrogen and oxygen atoms in total. The van der Waals surface area contributed by atoms with Gasteiger partial charge in [-0.3, -0.25) is 0 Å². The quantitative estimate of drug-likeness (QED) is 0.479. The molecule has 0 unspecified atom stereocenters. The molecular formula is C10H20O. The van der Waals surface area contributed by atoms with E-state index in [2.05, 4.69) is 13.8 Å². The Balaban J connectivity index is 3.58. The smallest absolute Gasteiger partial charge is 0.0641 e. The molecule has 0 radical (unpaired) electrons. The molecule has 0 aromatic carbocycles. The molecule has 0 aromatic rings. The molecule has 1 N–H and O–H groups in total. The van der Waals surface area contributed by atoms with Crippen LogP contribution in [-0.4, -0.2) is 11.7 Å². The molecule has 0 bridgehead atoms. The molecule has 0 aliphatic carbocycles. The zero-order chi connectivity index (χ0) is 8.69. The van der Waals surface area contributed by atoms with Crippen LogP contribution in [0.15, 0.2) is 11.1 Å². The lowest BCUT2D eigenvalue weighted by Crippen LogP contribution is -1.90. The van der Waals surface area contributed by atoms with Crippen LogP contribution < -0.4 is 0 Å². The van der Waals surface area contributed by atoms with Crippen molar-refractivity contribution in [2.24, 2.45) is 0 Å². The number of aliphatic hydroxyl groups is 1. The normalized spacial score (nSPS) is 13.1. The standard InChI is InChI=1S/C10H20O/c1-4-5-6-7-9(2)10(3)8-11/h11H,4-8H2,1-3H3. The molecule has 0 heterocycles. The van der Waals surface area contributed by atoms with Gasteiger partial charge in [-0.25, -0.2) is 0 Å². The summed E-state index contributed by atoms with van der Waals surface area (Å²) in [6.07, 6.45) is 4.99. The van der Waals surface area contributed by atoms with Crippen LogP contribution in [0.5, 0.6) is 0 Å². The van der Waals surface area contributed by atoms with E-state index in [4.69, 9.17) is 5.11 Å². The van der Waals surface area contributed by atoms with Crippen molar-refractivity contribution in [2.45, 2.75) is 46.5 Å². The Kier molecular flexibility index (Phi) is 6.24. The van der Waals surface area contributed by atoms with Crippen molar-refractivity contribution in [3.05, 3.63) is 11.1 Å². The topological polar surface area (TPSA) is 20.2 Å². The Hall–Kier alpha value is -0.300. The monoisotopic (exact) mass is 156 g/mol. The van der Waals surface area contributed by atoms with Crippen LogP contribution in [-0.2, 0) is 0 Å². The van der Waals surface area contributed by atoms with Crippen molar-refractivity contribution in [3.63, 3.8) is 0 Å². The van der Waals surface area contributed by atoms with E-state index < -0.39 is 0 Å². The highest BCUT2D eigenvalue weighted by Crippen LogP contribution is 2.11. The van der Waals surface area contributed by atoms with E-state index in [9.17, 15) is 0 Å². The molecule has 0 aromatic heterocycles. The molecule has 0 rings (SSSR count). The first-order valence-corrected chi connectivity index (χ1v) is 4.48. The predicted octanol–water partition coefficient (Wildman–Crippen LogP) is 2.90. The van der Waals surface area contributed by atoms with Crippen LogP contribution in [0, 0.1) is 0 Å². The van der Waals surface area contributed by atoms with Gasteiger partial charge in [0.1, 0.15) is 0 Å². The molecule has 0 atom stereocenters. The fraction of sp³-hybridized carbons (Fsp3) is 0.800. The van der Waals surface area contributed by atoms with Crippen LogP contribution in [0.1, 0.15) is 46.5 Å². The first-order chi connectivity index (χ1) is 5.22. The molecule has 0 amide bonds. The second kappa shape index (κ2) is 6.41. The molecule has 0 aliphatic rings. The van der Waals surface area contributed by atoms with Crippen LogP contribution in [0.3, 0.4) is 0 Å². The van der Waals surface area contributed by atoms with E-state index >= 15 is 0 Å². The molecule has 66 valence electrons. The molecule has 1 heteroatoms. The highest BCUT2D eigenvalue weighted by atomic mass is 16.3. The minimum atomic E-state index is 0.220. The van der Waals surface area contributed by atoms with Gasteiger partial charge in [-0.05, 0) is 32.3 Å². The lowest BCUT2D eigenvalue weighted by molar-refractivity contribution is 0.329. The first-order valence-electron chi connectivity index (χ1n) is 4.48. The van der Waals surface area contributed by atoms with Gasteiger partial charge in [-0.2, -0.15) is 0 Å². The van der Waals surface area contributed by atoms with Gasteiger partial charge in [-0.15, -0.1) is 0 Å². The van der Waals surface area contributed by atoms with Gasteiger partial charge in [-0.1, -0.05) is 25.3 Å². The van der Waals surface area contributed by atoms with Gasteiger partial charge >= 0.3 is 0 Å². The summed E-state index contributed by atoms with van der Waals surface area (Å²) in [6.45, 7) is 6.54. The molecular weight excluding hydrogens is 136 g/mol. The lowest BCUT2D eigenvalue weighted by Gasteiger charge is -2.03. The fourth-order valence-corrected chi connectivity index (χ4v) is 0.989. The lowest BCUT2D eigenvalue weighted by atomic mass is 10.0. The van der Waals surface area contributed by atoms with E-state index in [0.29, 0.717) is 0 Å². The minimum absolute atomic E-state index is 0.220. The molecule has 0 saturated carbocycles. The Morgan fingerprint density at radius 3 is 2.18 bits per heavy atom. The van der Waals surface area contributed by atoms with Crippen molar-refractivity contribution >= 4 is 0 Å². The summed E-state index contributed by atoms with van der Waals surface area (Å²) in [6, 6.07) is 0. The van der Waals surface area contributed by atoms with Gasteiger partial charge in [0, 0.05) is 0 Å². The fourth-order valence-electron chi connectivity index (χ4n) is 0.989. The van der Waals surface area contributed by atoms with E-state index in [0.717, 1.165) is 12.0 Å². The Morgan fingerprint density at radius 1 is 1.09 bits per heavy atom. The van der Waals surface area contributed by atoms with Crippen LogP contribution in [0.25, 0.3) is 0 Å². The molecule has 0 spiro atoms. The summed E-state index contributed by atoms with van der Waals surface area (Å²) >= 11 is 0. The van der Waals surface area contributed by atoms with E-state index in [-0.39, 0.29) is 6.61 Å². The zero-order valence-electron chi connectivity index (χ0n) is 7.98. The van der Waals surface area contributed by atoms with Gasteiger partial charge in [0.15, 0.2) is 0 Å². The zero-order valence-corrected chi connectivity index (χ0v) is 7.98. The van der Waals surface area contributed by atoms with Crippen LogP contribution in [0.4, 0.5) is 0 Å². The SMILES string of the molecule is CCCCCC(C)=C(C)CO. The van der Waals surface area contributed by atoms with Crippen molar-refractivity contribution in [3.8, 4) is 0 Å². The van der Waals surface area contributed by atoms with Crippen molar-refractivity contribution < 1.29 is 5.11 Å². The summed E-state index contributed by atoms with van der Waals surface area (Å²) in [7, 11) is 0. The third-order valence-corrected chi connectivity index (χ3v) is 2.12. The molecule has 0 saturated heterocycles. The van der Waals surface area contributed by atoms with Gasteiger partial charge < -0.3 is 5.11 Å². The highest BCUT2D eigenvalue weighted by molar-refractivity contribution is 5.09. The van der Waals surface area contributed by atoms with E-state index in [1.807, 2.05) is 6.92 Å². The summed E-state index contributed by atoms with van der Waals surface area (Å²) in [5, 5.41) is 8.80. The number of unbranched alkanes of at least 4 members (excludes halogenated alkanes) is 2. The van der Waals surface area contributed by atoms with Gasteiger partial charge in [0.2, 0.25) is 0 Å². The summed E-state index contributed by atoms with van der Waals surface area (Å²) in [4.78, 5) is 0. The molecule has 11 heavy (non-hydrogen) atoms. The number of rotatable bonds is 5. The van der Waals surface area contributed by atoms with Crippen molar-refractivity contribution in [1.29, 1.82) is 0 Å².